The van der Waals surface area contributed by atoms with E-state index in [1.165, 1.54) is 28.7 Å². The second-order valence-corrected chi connectivity index (χ2v) is 6.69. The van der Waals surface area contributed by atoms with Gasteiger partial charge in [0.2, 0.25) is 5.91 Å². The van der Waals surface area contributed by atoms with E-state index in [0.29, 0.717) is 0 Å². The fraction of sp³-hybridized carbons (Fsp3) is 0.118. The monoisotopic (exact) mass is 345 g/mol. The molecule has 0 fully saturated rings. The molecule has 1 unspecified atom stereocenters. The van der Waals surface area contributed by atoms with Crippen LogP contribution < -0.4 is 5.32 Å². The maximum Gasteiger partial charge on any atom is 0.244 e. The van der Waals surface area contributed by atoms with Crippen LogP contribution in [0.2, 0.25) is 0 Å². The van der Waals surface area contributed by atoms with Crippen LogP contribution in [0.1, 0.15) is 16.0 Å². The Morgan fingerprint density at radius 2 is 2.26 bits per heavy atom. The molecule has 0 radical (unpaired) electrons. The number of amides is 1. The molecule has 0 saturated heterocycles. The van der Waals surface area contributed by atoms with Crippen LogP contribution in [-0.4, -0.2) is 17.6 Å². The lowest BCUT2D eigenvalue weighted by atomic mass is 9.94. The van der Waals surface area contributed by atoms with Crippen LogP contribution in [0.5, 0.6) is 0 Å². The summed E-state index contributed by atoms with van der Waals surface area (Å²) in [5.74, 6) is -0.267. The van der Waals surface area contributed by atoms with Crippen LogP contribution in [-0.2, 0) is 10.4 Å². The first-order valence-electron chi connectivity index (χ1n) is 6.95. The van der Waals surface area contributed by atoms with E-state index in [9.17, 15) is 9.90 Å². The molecule has 23 heavy (non-hydrogen) atoms. The molecule has 3 aromatic rings. The normalized spacial score (nSPS) is 14.0. The number of hydrogen-bond donors (Lipinski definition) is 2. The van der Waals surface area contributed by atoms with Gasteiger partial charge in [-0.15, -0.1) is 11.3 Å². The van der Waals surface area contributed by atoms with Crippen molar-refractivity contribution in [3.8, 4) is 0 Å². The van der Waals surface area contributed by atoms with Crippen molar-refractivity contribution in [3.05, 3.63) is 75.0 Å². The van der Waals surface area contributed by atoms with E-state index in [2.05, 4.69) is 5.32 Å². The van der Waals surface area contributed by atoms with Gasteiger partial charge in [0.05, 0.1) is 19.1 Å². The van der Waals surface area contributed by atoms with Crippen molar-refractivity contribution in [3.63, 3.8) is 0 Å². The molecule has 0 saturated carbocycles. The summed E-state index contributed by atoms with van der Waals surface area (Å²) < 4.78 is 4.94. The molecule has 3 rings (SSSR count). The average Bonchev–Trinajstić information content (AvgIpc) is 3.33. The molecule has 3 aromatic heterocycles. The Morgan fingerprint density at radius 3 is 2.91 bits per heavy atom. The molecule has 0 aliphatic rings. The Balaban J connectivity index is 1.71. The van der Waals surface area contributed by atoms with Crippen molar-refractivity contribution >= 4 is 34.7 Å². The molecule has 0 aromatic carbocycles. The fourth-order valence-electron chi connectivity index (χ4n) is 2.16. The molecule has 0 spiro atoms. The van der Waals surface area contributed by atoms with E-state index in [1.54, 1.807) is 24.7 Å². The highest BCUT2D eigenvalue weighted by Gasteiger charge is 2.33. The SMILES string of the molecule is O=C(/C=C/c1ccoc1)NCC(O)(c1ccsc1)c1cccs1. The van der Waals surface area contributed by atoms with Gasteiger partial charge in [-0.05, 0) is 40.4 Å². The van der Waals surface area contributed by atoms with Gasteiger partial charge >= 0.3 is 0 Å². The molecule has 2 N–H and O–H groups in total. The summed E-state index contributed by atoms with van der Waals surface area (Å²) >= 11 is 2.98. The minimum absolute atomic E-state index is 0.110. The second kappa shape index (κ2) is 6.95. The summed E-state index contributed by atoms with van der Waals surface area (Å²) in [5.41, 5.74) is 0.378. The van der Waals surface area contributed by atoms with E-state index in [1.807, 2.05) is 34.3 Å². The van der Waals surface area contributed by atoms with E-state index < -0.39 is 5.60 Å². The molecular weight excluding hydrogens is 330 g/mol. The van der Waals surface area contributed by atoms with Crippen LogP contribution in [0.25, 0.3) is 6.08 Å². The fourth-order valence-corrected chi connectivity index (χ4v) is 3.73. The van der Waals surface area contributed by atoms with Crippen LogP contribution >= 0.6 is 22.7 Å². The van der Waals surface area contributed by atoms with Gasteiger partial charge in [0.15, 0.2) is 0 Å². The Hall–Kier alpha value is -2.15. The number of rotatable bonds is 6. The topological polar surface area (TPSA) is 62.5 Å². The van der Waals surface area contributed by atoms with E-state index >= 15 is 0 Å². The zero-order valence-corrected chi connectivity index (χ0v) is 13.8. The van der Waals surface area contributed by atoms with Gasteiger partial charge in [0.25, 0.3) is 0 Å². The lowest BCUT2D eigenvalue weighted by molar-refractivity contribution is -0.117. The van der Waals surface area contributed by atoms with E-state index in [0.717, 1.165) is 16.0 Å². The number of hydrogen-bond acceptors (Lipinski definition) is 5. The number of aliphatic hydroxyl groups is 1. The van der Waals surface area contributed by atoms with Crippen molar-refractivity contribution in [2.24, 2.45) is 0 Å². The standard InChI is InChI=1S/C17H15NO3S2/c19-16(4-3-13-5-7-21-10-13)18-12-17(20,14-6-9-22-11-14)15-2-1-8-23-15/h1-11,20H,12H2,(H,18,19)/b4-3+. The zero-order chi connectivity index (χ0) is 16.1. The van der Waals surface area contributed by atoms with Crippen molar-refractivity contribution in [1.82, 2.24) is 5.32 Å². The van der Waals surface area contributed by atoms with Gasteiger partial charge < -0.3 is 14.8 Å². The predicted octanol–water partition coefficient (Wildman–Crippen LogP) is 3.47. The number of carbonyl (C=O) groups excluding carboxylic acids is 1. The first-order valence-corrected chi connectivity index (χ1v) is 8.78. The van der Waals surface area contributed by atoms with Crippen molar-refractivity contribution in [1.29, 1.82) is 0 Å². The van der Waals surface area contributed by atoms with Crippen LogP contribution in [0, 0.1) is 0 Å². The molecule has 4 nitrogen and oxygen atoms in total. The van der Waals surface area contributed by atoms with Gasteiger partial charge in [-0.2, -0.15) is 11.3 Å². The maximum absolute atomic E-state index is 12.0. The minimum Gasteiger partial charge on any atom is -0.472 e. The van der Waals surface area contributed by atoms with Gasteiger partial charge in [0.1, 0.15) is 5.60 Å². The summed E-state index contributed by atoms with van der Waals surface area (Å²) in [6.45, 7) is 0.110. The largest absolute Gasteiger partial charge is 0.472 e. The van der Waals surface area contributed by atoms with Gasteiger partial charge in [-0.3, -0.25) is 4.79 Å². The predicted molar refractivity (Wildman–Crippen MR) is 92.4 cm³/mol. The Labute approximate surface area is 141 Å². The third-order valence-electron chi connectivity index (χ3n) is 3.42. The molecule has 0 aliphatic carbocycles. The highest BCUT2D eigenvalue weighted by molar-refractivity contribution is 7.10. The molecule has 118 valence electrons. The van der Waals surface area contributed by atoms with Crippen molar-refractivity contribution in [2.75, 3.05) is 6.54 Å². The van der Waals surface area contributed by atoms with Crippen molar-refractivity contribution < 1.29 is 14.3 Å². The third kappa shape index (κ3) is 3.61. The third-order valence-corrected chi connectivity index (χ3v) is 5.12. The highest BCUT2D eigenvalue weighted by atomic mass is 32.1. The first kappa shape index (κ1) is 15.7. The summed E-state index contributed by atoms with van der Waals surface area (Å²) in [4.78, 5) is 12.8. The summed E-state index contributed by atoms with van der Waals surface area (Å²) in [5, 5.41) is 19.6. The number of furan rings is 1. The second-order valence-electron chi connectivity index (χ2n) is 4.96. The molecule has 0 bridgehead atoms. The van der Waals surface area contributed by atoms with Crippen LogP contribution in [0.4, 0.5) is 0 Å². The first-order chi connectivity index (χ1) is 11.2. The van der Waals surface area contributed by atoms with Gasteiger partial charge in [-0.25, -0.2) is 0 Å². The average molecular weight is 345 g/mol. The maximum atomic E-state index is 12.0. The minimum atomic E-state index is -1.21. The molecule has 1 amide bonds. The van der Waals surface area contributed by atoms with Gasteiger partial charge in [0, 0.05) is 22.1 Å². The molecule has 1 atom stereocenters. The zero-order valence-electron chi connectivity index (χ0n) is 12.1. The molecule has 6 heteroatoms. The Bertz CT molecular complexity index is 725. The van der Waals surface area contributed by atoms with Crippen molar-refractivity contribution in [2.45, 2.75) is 5.60 Å². The molecular formula is C17H15NO3S2. The van der Waals surface area contributed by atoms with Crippen LogP contribution in [0.3, 0.4) is 0 Å². The van der Waals surface area contributed by atoms with E-state index in [4.69, 9.17) is 4.42 Å². The Morgan fingerprint density at radius 1 is 1.35 bits per heavy atom. The smallest absolute Gasteiger partial charge is 0.244 e. The number of thiophene rings is 2. The summed E-state index contributed by atoms with van der Waals surface area (Å²) in [6.07, 6.45) is 6.18. The van der Waals surface area contributed by atoms with E-state index in [-0.39, 0.29) is 12.5 Å². The quantitative estimate of drug-likeness (QED) is 0.673. The molecule has 3 heterocycles. The highest BCUT2D eigenvalue weighted by Crippen LogP contribution is 2.33. The lowest BCUT2D eigenvalue weighted by Gasteiger charge is -2.26. The number of nitrogens with one attached hydrogen (secondary N) is 1. The summed E-state index contributed by atoms with van der Waals surface area (Å²) in [6, 6.07) is 7.39. The molecule has 0 aliphatic heterocycles. The Kier molecular flexibility index (Phi) is 4.76. The summed E-state index contributed by atoms with van der Waals surface area (Å²) in [7, 11) is 0. The van der Waals surface area contributed by atoms with Crippen LogP contribution in [0.15, 0.2) is 63.4 Å². The number of carbonyl (C=O) groups is 1. The van der Waals surface area contributed by atoms with Gasteiger partial charge in [-0.1, -0.05) is 6.07 Å². The lowest BCUT2D eigenvalue weighted by Crippen LogP contribution is -2.40.